The van der Waals surface area contributed by atoms with Gasteiger partial charge < -0.3 is 40.6 Å². The van der Waals surface area contributed by atoms with Crippen molar-refractivity contribution in [2.45, 2.75) is 65.6 Å². The van der Waals surface area contributed by atoms with Gasteiger partial charge in [-0.15, -0.1) is 0 Å². The summed E-state index contributed by atoms with van der Waals surface area (Å²) in [7, 11) is 0. The maximum absolute atomic E-state index is 11.4. The first-order valence-corrected chi connectivity index (χ1v) is 17.5. The molecule has 2 aromatic rings. The van der Waals surface area contributed by atoms with Crippen molar-refractivity contribution in [1.29, 1.82) is 0 Å². The van der Waals surface area contributed by atoms with Crippen molar-refractivity contribution in [1.82, 2.24) is 10.6 Å². The quantitative estimate of drug-likeness (QED) is 0.0665. The minimum Gasteiger partial charge on any atom is -0.373 e. The largest absolute Gasteiger partial charge is 1.00 e. The summed E-state index contributed by atoms with van der Waals surface area (Å²) in [6, 6.07) is 14.7. The van der Waals surface area contributed by atoms with E-state index >= 15 is 0 Å². The number of ether oxygens (including phenoxy) is 4. The van der Waals surface area contributed by atoms with E-state index in [0.29, 0.717) is 44.2 Å². The molecule has 254 valence electrons. The Morgan fingerprint density at radius 3 is 1.61 bits per heavy atom. The third-order valence-electron chi connectivity index (χ3n) is 4.29. The number of rotatable bonds is 11. The summed E-state index contributed by atoms with van der Waals surface area (Å²) < 4.78 is 22.4. The molecule has 0 spiro atoms. The van der Waals surface area contributed by atoms with Gasteiger partial charge in [-0.05, 0) is 113 Å². The number of carbonyl (C=O) groups is 2. The number of benzene rings is 2. The molecule has 46 heavy (non-hydrogen) atoms. The minimum atomic E-state index is -0.498. The first kappa shape index (κ1) is 48.6. The van der Waals surface area contributed by atoms with Crippen LogP contribution in [0.4, 0.5) is 15.3 Å². The summed E-state index contributed by atoms with van der Waals surface area (Å²) in [5.74, 6) is 1.47. The molecule has 14 nitrogen and oxygen atoms in total. The Balaban J connectivity index is -0.000000694. The second-order valence-corrected chi connectivity index (χ2v) is 11.7. The zero-order chi connectivity index (χ0) is 34.7. The standard InChI is InChI=1S/C14H20INO3.C14H20N4O3.Cu.HI.N3.Na/c1-14(2,3)19-13(17)16-8-5-9-18-12-7-4-6-11(15)10-12;1-14(2,3)21-13(19)16-8-5-9-20-12-7-4-6-11(10-12)17-18-15;;;1-3-2;/h4,6-7,10H,5,8-9H2,1-3H3,(H,16,17);4,6-7,10H,5,8-9H2,1-3H3,(H,16,19);;1H;;/q;;+1;;-1;+1/p-1. The van der Waals surface area contributed by atoms with Crippen LogP contribution in [0.15, 0.2) is 53.6 Å². The molecule has 0 radical (unpaired) electrons. The predicted molar refractivity (Wildman–Crippen MR) is 187 cm³/mol. The van der Waals surface area contributed by atoms with Crippen LogP contribution in [-0.2, 0) is 22.2 Å². The van der Waals surface area contributed by atoms with Crippen molar-refractivity contribution in [3.63, 3.8) is 0 Å². The Bertz CT molecular complexity index is 1220. The molecule has 0 saturated carbocycles. The van der Waals surface area contributed by atoms with Gasteiger partial charge in [0.05, 0.1) is 13.2 Å². The summed E-state index contributed by atoms with van der Waals surface area (Å²) in [5.41, 5.74) is 21.4. The van der Waals surface area contributed by atoms with E-state index in [0.717, 1.165) is 15.7 Å². The van der Waals surface area contributed by atoms with Crippen LogP contribution in [0.3, 0.4) is 0 Å². The zero-order valence-corrected chi connectivity index (χ0v) is 34.3. The van der Waals surface area contributed by atoms with Crippen LogP contribution in [0.1, 0.15) is 54.4 Å². The van der Waals surface area contributed by atoms with E-state index in [1.165, 1.54) is 4.91 Å². The number of carbonyl (C=O) groups excluding carboxylic acids is 2. The average Bonchev–Trinajstić information content (AvgIpc) is 2.93. The van der Waals surface area contributed by atoms with Crippen molar-refractivity contribution in [3.8, 4) is 11.5 Å². The number of alkyl carbamates (subject to hydrolysis) is 2. The Labute approximate surface area is 326 Å². The molecule has 18 heteroatoms. The molecule has 0 bridgehead atoms. The van der Waals surface area contributed by atoms with Crippen molar-refractivity contribution in [3.05, 3.63) is 78.5 Å². The second kappa shape index (κ2) is 29.3. The van der Waals surface area contributed by atoms with Crippen molar-refractivity contribution in [2.75, 3.05) is 26.3 Å². The second-order valence-electron chi connectivity index (χ2n) is 10.5. The topological polar surface area (TPSA) is 203 Å². The maximum Gasteiger partial charge on any atom is 1.00 e. The zero-order valence-electron chi connectivity index (χ0n) is 27.1. The molecule has 0 fully saturated rings. The van der Waals surface area contributed by atoms with E-state index in [2.05, 4.69) is 56.0 Å². The van der Waals surface area contributed by atoms with E-state index in [4.69, 9.17) is 35.5 Å². The Hall–Kier alpha value is -1.82. The molecule has 0 atom stereocenters. The molecule has 0 aliphatic carbocycles. The van der Waals surface area contributed by atoms with Crippen LogP contribution >= 0.6 is 42.9 Å². The van der Waals surface area contributed by atoms with E-state index in [9.17, 15) is 9.59 Å². The van der Waals surface area contributed by atoms with Crippen molar-refractivity contribution < 1.29 is 70.9 Å². The molecular weight excluding hydrogens is 885 g/mol. The van der Waals surface area contributed by atoms with Gasteiger partial charge in [0, 0.05) is 27.3 Å². The van der Waals surface area contributed by atoms with E-state index < -0.39 is 17.3 Å². The Kier molecular flexibility index (Phi) is 31.0. The maximum atomic E-state index is 11.4. The molecule has 0 aliphatic heterocycles. The number of halogens is 2. The molecule has 0 saturated heterocycles. The number of hydrogen-bond acceptors (Lipinski definition) is 7. The molecule has 2 aromatic carbocycles. The van der Waals surface area contributed by atoms with Gasteiger partial charge in [0.2, 0.25) is 0 Å². The Morgan fingerprint density at radius 2 is 1.22 bits per heavy atom. The summed E-state index contributed by atoms with van der Waals surface area (Å²) in [6.07, 6.45) is 0.560. The smallest absolute Gasteiger partial charge is 0.373 e. The number of nitrogens with zero attached hydrogens (tertiary/aromatic N) is 6. The van der Waals surface area contributed by atoms with Gasteiger partial charge in [-0.25, -0.2) is 9.59 Å². The molecule has 0 unspecified atom stereocenters. The summed E-state index contributed by atoms with van der Waals surface area (Å²) in [6.45, 7) is 13.0. The molecule has 0 aromatic heterocycles. The monoisotopic (exact) mass is 924 g/mol. The van der Waals surface area contributed by atoms with E-state index in [-0.39, 0.29) is 35.7 Å². The fourth-order valence-corrected chi connectivity index (χ4v) is 3.29. The minimum absolute atomic E-state index is 0. The van der Waals surface area contributed by atoms with Crippen LogP contribution < -0.4 is 49.7 Å². The first-order chi connectivity index (χ1) is 21.2. The van der Waals surface area contributed by atoms with E-state index in [1.54, 1.807) is 44.6 Å². The van der Waals surface area contributed by atoms with Gasteiger partial charge in [-0.3, -0.25) is 4.91 Å². The summed E-state index contributed by atoms with van der Waals surface area (Å²) >= 11 is 8.11. The first-order valence-electron chi connectivity index (χ1n) is 13.4. The number of hydrogen-bond donors (Lipinski definition) is 2. The number of amides is 2. The fourth-order valence-electron chi connectivity index (χ4n) is 2.78. The molecular formula is C28H40CuI2N8NaO6. The SMILES string of the molecule is CC(C)(C)OC(=O)NCCCOc1cccc(I)c1.CC(C)(C)OC(=O)NCCCOc1cccc(N=[N+]=[N-])c1.[Cu][I].[N-]=[N+]=[N-].[Na+]. The van der Waals surface area contributed by atoms with Crippen LogP contribution in [0.5, 0.6) is 11.5 Å². The van der Waals surface area contributed by atoms with Gasteiger partial charge in [-0.1, -0.05) is 23.3 Å². The molecule has 2 N–H and O–H groups in total. The Morgan fingerprint density at radius 1 is 0.804 bits per heavy atom. The predicted octanol–water partition coefficient (Wildman–Crippen LogP) is 6.26. The van der Waals surface area contributed by atoms with Gasteiger partial charge in [0.1, 0.15) is 22.7 Å². The number of nitrogens with one attached hydrogen (secondary N) is 2. The van der Waals surface area contributed by atoms with Gasteiger partial charge >= 0.3 is 74.9 Å². The third-order valence-corrected chi connectivity index (χ3v) is 4.96. The fraction of sp³-hybridized carbons (Fsp3) is 0.500. The number of azide groups is 1. The molecule has 0 aliphatic rings. The molecule has 2 amide bonds. The molecule has 0 heterocycles. The van der Waals surface area contributed by atoms with Crippen molar-refractivity contribution >= 4 is 60.8 Å². The van der Waals surface area contributed by atoms with Gasteiger partial charge in [0.25, 0.3) is 0 Å². The summed E-state index contributed by atoms with van der Waals surface area (Å²) in [5, 5.41) is 8.84. The van der Waals surface area contributed by atoms with E-state index in [1.807, 2.05) is 65.8 Å². The van der Waals surface area contributed by atoms with Crippen molar-refractivity contribution in [2.24, 2.45) is 5.11 Å². The van der Waals surface area contributed by atoms with Crippen LogP contribution in [0, 0.1) is 3.57 Å². The third kappa shape index (κ3) is 32.1. The average molecular weight is 925 g/mol. The van der Waals surface area contributed by atoms with Crippen LogP contribution in [-0.4, -0.2) is 49.7 Å². The van der Waals surface area contributed by atoms with Gasteiger partial charge in [0.15, 0.2) is 0 Å². The van der Waals surface area contributed by atoms with Crippen LogP contribution in [0.25, 0.3) is 26.4 Å². The molecule has 2 rings (SSSR count). The van der Waals surface area contributed by atoms with Gasteiger partial charge in [-0.2, -0.15) is 0 Å². The normalized spacial score (nSPS) is 9.61. The van der Waals surface area contributed by atoms with Crippen LogP contribution in [0.2, 0.25) is 0 Å². The summed E-state index contributed by atoms with van der Waals surface area (Å²) in [4.78, 5) is 27.0.